The molecule has 1 aliphatic heterocycles. The minimum absolute atomic E-state index is 0.686. The molecule has 0 saturated carbocycles. The summed E-state index contributed by atoms with van der Waals surface area (Å²) in [5, 5.41) is 0. The largest absolute Gasteiger partial charge is 0.297 e. The third-order valence-corrected chi connectivity index (χ3v) is 4.77. The Kier molecular flexibility index (Phi) is 4.76. The average molecular weight is 300 g/mol. The van der Waals surface area contributed by atoms with Gasteiger partial charge in [0, 0.05) is 31.1 Å². The van der Waals surface area contributed by atoms with Crippen molar-refractivity contribution in [3.8, 4) is 0 Å². The SMILES string of the molecule is Cc1c(CN2CCSCC2)cccc1NS(C)(=O)=O. The van der Waals surface area contributed by atoms with Crippen molar-refractivity contribution in [2.24, 2.45) is 0 Å². The topological polar surface area (TPSA) is 49.4 Å². The van der Waals surface area contributed by atoms with Crippen molar-refractivity contribution in [2.75, 3.05) is 35.6 Å². The summed E-state index contributed by atoms with van der Waals surface area (Å²) in [6.07, 6.45) is 1.18. The van der Waals surface area contributed by atoms with Gasteiger partial charge in [0.15, 0.2) is 0 Å². The van der Waals surface area contributed by atoms with Gasteiger partial charge < -0.3 is 0 Å². The van der Waals surface area contributed by atoms with Crippen molar-refractivity contribution in [2.45, 2.75) is 13.5 Å². The standard InChI is InChI=1S/C13H20N2O2S2/c1-11-12(10-15-6-8-18-9-7-15)4-3-5-13(11)14-19(2,16)17/h3-5,14H,6-10H2,1-2H3. The van der Waals surface area contributed by atoms with E-state index in [1.807, 2.05) is 30.8 Å². The normalized spacial score (nSPS) is 17.4. The van der Waals surface area contributed by atoms with Gasteiger partial charge in [-0.05, 0) is 24.1 Å². The first-order valence-corrected chi connectivity index (χ1v) is 9.37. The van der Waals surface area contributed by atoms with Crippen LogP contribution in [-0.2, 0) is 16.6 Å². The van der Waals surface area contributed by atoms with Crippen LogP contribution in [0.5, 0.6) is 0 Å². The van der Waals surface area contributed by atoms with E-state index in [0.717, 1.165) is 25.2 Å². The summed E-state index contributed by atoms with van der Waals surface area (Å²) in [5.41, 5.74) is 2.90. The number of hydrogen-bond donors (Lipinski definition) is 1. The van der Waals surface area contributed by atoms with E-state index in [-0.39, 0.29) is 0 Å². The Balaban J connectivity index is 2.14. The van der Waals surface area contributed by atoms with Gasteiger partial charge in [-0.15, -0.1) is 0 Å². The van der Waals surface area contributed by atoms with E-state index in [9.17, 15) is 8.42 Å². The molecule has 1 fully saturated rings. The molecule has 1 aliphatic rings. The molecule has 0 aliphatic carbocycles. The van der Waals surface area contributed by atoms with Crippen LogP contribution in [0, 0.1) is 6.92 Å². The maximum Gasteiger partial charge on any atom is 0.229 e. The van der Waals surface area contributed by atoms with Crippen LogP contribution in [0.15, 0.2) is 18.2 Å². The highest BCUT2D eigenvalue weighted by Crippen LogP contribution is 2.22. The van der Waals surface area contributed by atoms with Crippen molar-refractivity contribution in [3.63, 3.8) is 0 Å². The molecule has 0 radical (unpaired) electrons. The van der Waals surface area contributed by atoms with Crippen molar-refractivity contribution in [3.05, 3.63) is 29.3 Å². The summed E-state index contributed by atoms with van der Waals surface area (Å²) in [6.45, 7) is 5.08. The molecule has 4 nitrogen and oxygen atoms in total. The number of nitrogens with zero attached hydrogens (tertiary/aromatic N) is 1. The van der Waals surface area contributed by atoms with E-state index in [1.54, 1.807) is 0 Å². The van der Waals surface area contributed by atoms with Crippen LogP contribution in [0.2, 0.25) is 0 Å². The fourth-order valence-electron chi connectivity index (χ4n) is 2.17. The van der Waals surface area contributed by atoms with Crippen LogP contribution >= 0.6 is 11.8 Å². The predicted molar refractivity (Wildman–Crippen MR) is 82.2 cm³/mol. The first kappa shape index (κ1) is 14.7. The van der Waals surface area contributed by atoms with Gasteiger partial charge in [-0.2, -0.15) is 11.8 Å². The molecule has 0 aromatic heterocycles. The molecule has 1 aromatic rings. The lowest BCUT2D eigenvalue weighted by Crippen LogP contribution is -2.32. The summed E-state index contributed by atoms with van der Waals surface area (Å²) < 4.78 is 25.2. The molecule has 1 N–H and O–H groups in total. The lowest BCUT2D eigenvalue weighted by molar-refractivity contribution is 0.294. The lowest BCUT2D eigenvalue weighted by atomic mass is 10.1. The van der Waals surface area contributed by atoms with E-state index < -0.39 is 10.0 Å². The Morgan fingerprint density at radius 2 is 2.00 bits per heavy atom. The Bertz CT molecular complexity index is 538. The Labute approximate surface area is 119 Å². The van der Waals surface area contributed by atoms with Crippen molar-refractivity contribution in [1.82, 2.24) is 4.90 Å². The summed E-state index contributed by atoms with van der Waals surface area (Å²) >= 11 is 1.99. The molecule has 106 valence electrons. The van der Waals surface area contributed by atoms with Crippen LogP contribution in [-0.4, -0.2) is 44.2 Å². The maximum absolute atomic E-state index is 11.3. The maximum atomic E-state index is 11.3. The molecule has 6 heteroatoms. The highest BCUT2D eigenvalue weighted by atomic mass is 32.2. The molecular formula is C13H20N2O2S2. The van der Waals surface area contributed by atoms with E-state index in [0.29, 0.717) is 5.69 Å². The van der Waals surface area contributed by atoms with Gasteiger partial charge in [-0.3, -0.25) is 9.62 Å². The monoisotopic (exact) mass is 300 g/mol. The fourth-order valence-corrected chi connectivity index (χ4v) is 3.76. The highest BCUT2D eigenvalue weighted by Gasteiger charge is 2.13. The van der Waals surface area contributed by atoms with E-state index >= 15 is 0 Å². The molecule has 1 aromatic carbocycles. The van der Waals surface area contributed by atoms with Gasteiger partial charge in [0.05, 0.1) is 11.9 Å². The molecule has 0 spiro atoms. The van der Waals surface area contributed by atoms with E-state index in [2.05, 4.69) is 15.7 Å². The smallest absolute Gasteiger partial charge is 0.229 e. The van der Waals surface area contributed by atoms with E-state index in [1.165, 1.54) is 23.3 Å². The first-order chi connectivity index (χ1) is 8.96. The third kappa shape index (κ3) is 4.40. The summed E-state index contributed by atoms with van der Waals surface area (Å²) in [6, 6.07) is 5.80. The second-order valence-electron chi connectivity index (χ2n) is 4.85. The van der Waals surface area contributed by atoms with E-state index in [4.69, 9.17) is 0 Å². The van der Waals surface area contributed by atoms with Crippen LogP contribution in [0.3, 0.4) is 0 Å². The van der Waals surface area contributed by atoms with Gasteiger partial charge in [0.2, 0.25) is 10.0 Å². The lowest BCUT2D eigenvalue weighted by Gasteiger charge is -2.27. The quantitative estimate of drug-likeness (QED) is 0.923. The minimum atomic E-state index is -3.22. The van der Waals surface area contributed by atoms with Crippen LogP contribution in [0.1, 0.15) is 11.1 Å². The Hall–Kier alpha value is -0.720. The highest BCUT2D eigenvalue weighted by molar-refractivity contribution is 7.99. The fraction of sp³-hybridized carbons (Fsp3) is 0.538. The summed E-state index contributed by atoms with van der Waals surface area (Å²) in [7, 11) is -3.22. The van der Waals surface area contributed by atoms with Crippen LogP contribution < -0.4 is 4.72 Å². The van der Waals surface area contributed by atoms with Crippen molar-refractivity contribution in [1.29, 1.82) is 0 Å². The molecule has 0 bridgehead atoms. The van der Waals surface area contributed by atoms with Crippen LogP contribution in [0.25, 0.3) is 0 Å². The molecule has 2 rings (SSSR count). The predicted octanol–water partition coefficient (Wildman–Crippen LogP) is 1.92. The van der Waals surface area contributed by atoms with Crippen molar-refractivity contribution >= 4 is 27.5 Å². The van der Waals surface area contributed by atoms with Gasteiger partial charge in [0.25, 0.3) is 0 Å². The summed E-state index contributed by atoms with van der Waals surface area (Å²) in [4.78, 5) is 2.42. The number of benzene rings is 1. The number of sulfonamides is 1. The zero-order valence-electron chi connectivity index (χ0n) is 11.3. The zero-order chi connectivity index (χ0) is 13.9. The molecule has 1 heterocycles. The molecule has 19 heavy (non-hydrogen) atoms. The number of hydrogen-bond acceptors (Lipinski definition) is 4. The molecular weight excluding hydrogens is 280 g/mol. The number of nitrogens with one attached hydrogen (secondary N) is 1. The minimum Gasteiger partial charge on any atom is -0.297 e. The van der Waals surface area contributed by atoms with Gasteiger partial charge in [-0.25, -0.2) is 8.42 Å². The van der Waals surface area contributed by atoms with Crippen LogP contribution in [0.4, 0.5) is 5.69 Å². The number of rotatable bonds is 4. The molecule has 1 saturated heterocycles. The average Bonchev–Trinajstić information content (AvgIpc) is 2.34. The van der Waals surface area contributed by atoms with Crippen molar-refractivity contribution < 1.29 is 8.42 Å². The molecule has 0 amide bonds. The third-order valence-electron chi connectivity index (χ3n) is 3.24. The first-order valence-electron chi connectivity index (χ1n) is 6.32. The van der Waals surface area contributed by atoms with Gasteiger partial charge in [0.1, 0.15) is 0 Å². The Morgan fingerprint density at radius 3 is 2.63 bits per heavy atom. The molecule has 0 unspecified atom stereocenters. The second kappa shape index (κ2) is 6.15. The Morgan fingerprint density at radius 1 is 1.32 bits per heavy atom. The van der Waals surface area contributed by atoms with Gasteiger partial charge in [-0.1, -0.05) is 12.1 Å². The summed E-state index contributed by atoms with van der Waals surface area (Å²) in [5.74, 6) is 2.36. The zero-order valence-corrected chi connectivity index (χ0v) is 13.0. The number of anilines is 1. The van der Waals surface area contributed by atoms with Gasteiger partial charge >= 0.3 is 0 Å². The number of thioether (sulfide) groups is 1. The second-order valence-corrected chi connectivity index (χ2v) is 7.83. The molecule has 0 atom stereocenters.